The van der Waals surface area contributed by atoms with Gasteiger partial charge < -0.3 is 25.0 Å². The molecule has 0 atom stereocenters. The number of alkyl halides is 3. The molecule has 162 valence electrons. The third kappa shape index (κ3) is 9.93. The highest BCUT2D eigenvalue weighted by Gasteiger charge is 2.38. The van der Waals surface area contributed by atoms with Crippen LogP contribution in [0.5, 0.6) is 5.75 Å². The number of aliphatic carboxylic acids is 2. The van der Waals surface area contributed by atoms with Gasteiger partial charge in [-0.25, -0.2) is 14.6 Å². The second-order valence-electron chi connectivity index (χ2n) is 5.14. The standard InChI is InChI=1S/C14H18N2O6.C2HF3O2/c1-3-4-5-22-14(20)9-6-10(21-2)12(15-7-9)13(19)16-8-11(17)18;3-2(4,5)1(6)7/h6-7H,3-5,8H2,1-2H3,(H,16,19)(H,17,18);(H,6,7). The number of ether oxygens (including phenoxy) is 2. The van der Waals surface area contributed by atoms with Crippen molar-refractivity contribution < 1.29 is 52.0 Å². The number of hydrogen-bond donors (Lipinski definition) is 3. The number of aromatic nitrogens is 1. The van der Waals surface area contributed by atoms with Crippen molar-refractivity contribution >= 4 is 23.8 Å². The van der Waals surface area contributed by atoms with Crippen molar-refractivity contribution in [1.29, 1.82) is 0 Å². The topological polar surface area (TPSA) is 152 Å². The molecule has 29 heavy (non-hydrogen) atoms. The maximum Gasteiger partial charge on any atom is 0.490 e. The lowest BCUT2D eigenvalue weighted by atomic mass is 10.2. The number of hydrogen-bond acceptors (Lipinski definition) is 7. The van der Waals surface area contributed by atoms with E-state index in [9.17, 15) is 27.6 Å². The van der Waals surface area contributed by atoms with Crippen molar-refractivity contribution in [3.8, 4) is 5.75 Å². The summed E-state index contributed by atoms with van der Waals surface area (Å²) in [5.41, 5.74) is 0.0524. The number of carboxylic acids is 2. The van der Waals surface area contributed by atoms with Crippen molar-refractivity contribution in [2.24, 2.45) is 0 Å². The van der Waals surface area contributed by atoms with Crippen molar-refractivity contribution in [1.82, 2.24) is 10.3 Å². The number of amides is 1. The van der Waals surface area contributed by atoms with Gasteiger partial charge in [0.1, 0.15) is 6.54 Å². The van der Waals surface area contributed by atoms with Crippen LogP contribution in [0.3, 0.4) is 0 Å². The molecule has 0 aliphatic carbocycles. The van der Waals surface area contributed by atoms with E-state index in [1.54, 1.807) is 0 Å². The molecule has 10 nitrogen and oxygen atoms in total. The van der Waals surface area contributed by atoms with Gasteiger partial charge >= 0.3 is 24.1 Å². The summed E-state index contributed by atoms with van der Waals surface area (Å²) in [5.74, 6) is -5.13. The first kappa shape index (κ1) is 25.6. The minimum absolute atomic E-state index is 0.0628. The Morgan fingerprint density at radius 3 is 2.24 bits per heavy atom. The summed E-state index contributed by atoms with van der Waals surface area (Å²) in [7, 11) is 1.32. The summed E-state index contributed by atoms with van der Waals surface area (Å²) in [6.07, 6.45) is -2.24. The van der Waals surface area contributed by atoms with Crippen LogP contribution in [-0.2, 0) is 14.3 Å². The molecule has 1 aromatic rings. The Bertz CT molecular complexity index is 737. The Kier molecular flexibility index (Phi) is 10.7. The van der Waals surface area contributed by atoms with E-state index in [-0.39, 0.29) is 17.0 Å². The van der Waals surface area contributed by atoms with E-state index in [1.165, 1.54) is 19.4 Å². The number of rotatable bonds is 8. The van der Waals surface area contributed by atoms with Crippen LogP contribution in [0.4, 0.5) is 13.2 Å². The van der Waals surface area contributed by atoms with Crippen LogP contribution < -0.4 is 10.1 Å². The molecule has 13 heteroatoms. The molecule has 0 aliphatic heterocycles. The molecule has 3 N–H and O–H groups in total. The second kappa shape index (κ2) is 12.2. The fraction of sp³-hybridized carbons (Fsp3) is 0.438. The van der Waals surface area contributed by atoms with Gasteiger partial charge in [0.15, 0.2) is 11.4 Å². The van der Waals surface area contributed by atoms with Gasteiger partial charge in [-0.05, 0) is 12.5 Å². The lowest BCUT2D eigenvalue weighted by Crippen LogP contribution is -2.30. The number of halogens is 3. The van der Waals surface area contributed by atoms with E-state index < -0.39 is 36.5 Å². The molecule has 0 saturated heterocycles. The molecule has 1 amide bonds. The molecule has 0 saturated carbocycles. The average molecular weight is 424 g/mol. The van der Waals surface area contributed by atoms with Gasteiger partial charge in [0.25, 0.3) is 5.91 Å². The predicted octanol–water partition coefficient (Wildman–Crippen LogP) is 1.49. The van der Waals surface area contributed by atoms with Crippen LogP contribution in [0.15, 0.2) is 12.3 Å². The third-order valence-electron chi connectivity index (χ3n) is 2.90. The lowest BCUT2D eigenvalue weighted by Gasteiger charge is -2.09. The van der Waals surface area contributed by atoms with Gasteiger partial charge in [0.2, 0.25) is 0 Å². The number of unbranched alkanes of at least 4 members (excludes halogenated alkanes) is 1. The molecule has 0 bridgehead atoms. The van der Waals surface area contributed by atoms with E-state index in [4.69, 9.17) is 24.5 Å². The highest BCUT2D eigenvalue weighted by molar-refractivity contribution is 5.98. The van der Waals surface area contributed by atoms with Gasteiger partial charge in [-0.3, -0.25) is 9.59 Å². The predicted molar refractivity (Wildman–Crippen MR) is 89.6 cm³/mol. The van der Waals surface area contributed by atoms with Crippen molar-refractivity contribution in [2.75, 3.05) is 20.3 Å². The summed E-state index contributed by atoms with van der Waals surface area (Å²) in [6, 6.07) is 1.33. The average Bonchev–Trinajstić information content (AvgIpc) is 2.65. The zero-order chi connectivity index (χ0) is 22.6. The Labute approximate surface area is 162 Å². The highest BCUT2D eigenvalue weighted by atomic mass is 19.4. The van der Waals surface area contributed by atoms with Gasteiger partial charge in [-0.15, -0.1) is 0 Å². The number of nitrogens with zero attached hydrogens (tertiary/aromatic N) is 1. The second-order valence-corrected chi connectivity index (χ2v) is 5.14. The number of pyridine rings is 1. The summed E-state index contributed by atoms with van der Waals surface area (Å²) >= 11 is 0. The monoisotopic (exact) mass is 424 g/mol. The fourth-order valence-electron chi connectivity index (χ4n) is 1.51. The number of carbonyl (C=O) groups is 4. The first-order chi connectivity index (χ1) is 13.4. The summed E-state index contributed by atoms with van der Waals surface area (Å²) in [4.78, 5) is 46.7. The third-order valence-corrected chi connectivity index (χ3v) is 2.90. The zero-order valence-corrected chi connectivity index (χ0v) is 15.4. The normalized spacial score (nSPS) is 10.2. The van der Waals surface area contributed by atoms with E-state index in [0.717, 1.165) is 12.8 Å². The molecule has 1 aromatic heterocycles. The minimum Gasteiger partial charge on any atom is -0.494 e. The maximum atomic E-state index is 11.8. The molecule has 0 fully saturated rings. The van der Waals surface area contributed by atoms with Crippen molar-refractivity contribution in [3.05, 3.63) is 23.5 Å². The summed E-state index contributed by atoms with van der Waals surface area (Å²) < 4.78 is 41.8. The van der Waals surface area contributed by atoms with E-state index in [1.807, 2.05) is 6.92 Å². The first-order valence-corrected chi connectivity index (χ1v) is 7.95. The SMILES string of the molecule is CCCCOC(=O)c1cnc(C(=O)NCC(=O)O)c(OC)c1.O=C(O)C(F)(F)F. The molecular formula is C16H19F3N2O8. The molecule has 1 heterocycles. The Hall–Kier alpha value is -3.38. The molecule has 0 aliphatic rings. The van der Waals surface area contributed by atoms with Crippen molar-refractivity contribution in [2.45, 2.75) is 25.9 Å². The van der Waals surface area contributed by atoms with Gasteiger partial charge in [-0.1, -0.05) is 13.3 Å². The van der Waals surface area contributed by atoms with E-state index in [2.05, 4.69) is 10.3 Å². The molecular weight excluding hydrogens is 405 g/mol. The Balaban J connectivity index is 0.000000956. The van der Waals surface area contributed by atoms with Crippen LogP contribution in [0, 0.1) is 0 Å². The van der Waals surface area contributed by atoms with Crippen LogP contribution in [0.2, 0.25) is 0 Å². The van der Waals surface area contributed by atoms with Crippen molar-refractivity contribution in [3.63, 3.8) is 0 Å². The largest absolute Gasteiger partial charge is 0.494 e. The van der Waals surface area contributed by atoms with Gasteiger partial charge in [-0.2, -0.15) is 13.2 Å². The molecule has 0 radical (unpaired) electrons. The number of nitrogens with one attached hydrogen (secondary N) is 1. The lowest BCUT2D eigenvalue weighted by molar-refractivity contribution is -0.192. The van der Waals surface area contributed by atoms with Gasteiger partial charge in [0, 0.05) is 6.20 Å². The smallest absolute Gasteiger partial charge is 0.490 e. The Morgan fingerprint density at radius 2 is 1.79 bits per heavy atom. The fourth-order valence-corrected chi connectivity index (χ4v) is 1.51. The molecule has 0 unspecified atom stereocenters. The van der Waals surface area contributed by atoms with Crippen LogP contribution in [-0.4, -0.2) is 65.4 Å². The summed E-state index contributed by atoms with van der Waals surface area (Å²) in [5, 5.41) is 17.8. The molecule has 1 rings (SSSR count). The van der Waals surface area contributed by atoms with E-state index >= 15 is 0 Å². The quantitative estimate of drug-likeness (QED) is 0.416. The van der Waals surface area contributed by atoms with Crippen LogP contribution >= 0.6 is 0 Å². The number of carbonyl (C=O) groups excluding carboxylic acids is 2. The first-order valence-electron chi connectivity index (χ1n) is 7.95. The van der Waals surface area contributed by atoms with Gasteiger partial charge in [0.05, 0.1) is 19.3 Å². The molecule has 0 spiro atoms. The number of methoxy groups -OCH3 is 1. The zero-order valence-electron chi connectivity index (χ0n) is 15.4. The van der Waals surface area contributed by atoms with E-state index in [0.29, 0.717) is 6.61 Å². The Morgan fingerprint density at radius 1 is 1.21 bits per heavy atom. The molecule has 0 aromatic carbocycles. The number of carboxylic acid groups (broad SMARTS) is 2. The highest BCUT2D eigenvalue weighted by Crippen LogP contribution is 2.18. The number of esters is 1. The maximum absolute atomic E-state index is 11.8. The van der Waals surface area contributed by atoms with Crippen LogP contribution in [0.25, 0.3) is 0 Å². The summed E-state index contributed by atoms with van der Waals surface area (Å²) in [6.45, 7) is 1.74. The van der Waals surface area contributed by atoms with Crippen LogP contribution in [0.1, 0.15) is 40.6 Å². The minimum atomic E-state index is -5.08.